The van der Waals surface area contributed by atoms with E-state index in [0.717, 1.165) is 5.56 Å². The third kappa shape index (κ3) is 4.72. The summed E-state index contributed by atoms with van der Waals surface area (Å²) < 4.78 is 28.0. The Bertz CT molecular complexity index is 1030. The molecule has 0 aliphatic carbocycles. The molecule has 148 valence electrons. The second kappa shape index (κ2) is 8.48. The Morgan fingerprint density at radius 3 is 2.64 bits per heavy atom. The number of rotatable bonds is 8. The van der Waals surface area contributed by atoms with Crippen LogP contribution in [0, 0.1) is 0 Å². The van der Waals surface area contributed by atoms with E-state index >= 15 is 0 Å². The number of phenols is 1. The smallest absolute Gasteiger partial charge is 0.268 e. The van der Waals surface area contributed by atoms with E-state index in [1.165, 1.54) is 45.8 Å². The van der Waals surface area contributed by atoms with Crippen LogP contribution >= 0.6 is 11.3 Å². The number of hydrogen-bond donors (Lipinski definition) is 4. The van der Waals surface area contributed by atoms with Crippen molar-refractivity contribution in [2.75, 3.05) is 0 Å². The van der Waals surface area contributed by atoms with E-state index in [-0.39, 0.29) is 23.6 Å². The van der Waals surface area contributed by atoms with Gasteiger partial charge < -0.3 is 5.11 Å². The van der Waals surface area contributed by atoms with Crippen molar-refractivity contribution in [2.24, 2.45) is 0 Å². The van der Waals surface area contributed by atoms with Gasteiger partial charge in [0.15, 0.2) is 0 Å². The molecule has 10 nitrogen and oxygen atoms in total. The van der Waals surface area contributed by atoms with Gasteiger partial charge in [0, 0.05) is 11.8 Å². The molecule has 12 heteroatoms. The lowest BCUT2D eigenvalue weighted by atomic mass is 10.1. The third-order valence-electron chi connectivity index (χ3n) is 3.90. The molecule has 0 spiro atoms. The van der Waals surface area contributed by atoms with E-state index in [2.05, 4.69) is 15.0 Å². The number of aromatic nitrogens is 3. The Hall–Kier alpha value is -2.80. The first kappa shape index (κ1) is 19.9. The summed E-state index contributed by atoms with van der Waals surface area (Å²) in [6.45, 7) is -0.106. The fourth-order valence-corrected chi connectivity index (χ4v) is 4.47. The second-order valence-electron chi connectivity index (χ2n) is 5.84. The monoisotopic (exact) mass is 423 g/mol. The van der Waals surface area contributed by atoms with Crippen molar-refractivity contribution in [2.45, 2.75) is 23.9 Å². The molecule has 2 heterocycles. The van der Waals surface area contributed by atoms with Crippen LogP contribution in [-0.4, -0.2) is 39.6 Å². The van der Waals surface area contributed by atoms with E-state index in [1.807, 2.05) is 0 Å². The van der Waals surface area contributed by atoms with Crippen molar-refractivity contribution in [1.29, 1.82) is 0 Å². The molecule has 0 aliphatic rings. The van der Waals surface area contributed by atoms with Crippen LogP contribution in [0.1, 0.15) is 17.3 Å². The number of carbonyl (C=O) groups excluding carboxylic acids is 1. The Kier molecular flexibility index (Phi) is 6.04. The lowest BCUT2D eigenvalue weighted by molar-refractivity contribution is -0.133. The molecule has 4 N–H and O–H groups in total. The van der Waals surface area contributed by atoms with Gasteiger partial charge in [-0.2, -0.15) is 11.3 Å². The molecule has 3 aromatic rings. The average molecular weight is 423 g/mol. The highest BCUT2D eigenvalue weighted by Gasteiger charge is 2.23. The number of thiophene rings is 1. The first-order valence-corrected chi connectivity index (χ1v) is 10.5. The molecule has 0 bridgehead atoms. The van der Waals surface area contributed by atoms with Crippen LogP contribution in [0.25, 0.3) is 0 Å². The summed E-state index contributed by atoms with van der Waals surface area (Å²) in [6, 6.07) is 6.82. The minimum absolute atomic E-state index is 0.0906. The average Bonchev–Trinajstić information content (AvgIpc) is 3.38. The summed E-state index contributed by atoms with van der Waals surface area (Å²) >= 11 is 1.27. The van der Waals surface area contributed by atoms with Crippen molar-refractivity contribution in [3.05, 3.63) is 58.5 Å². The lowest BCUT2D eigenvalue weighted by Crippen LogP contribution is -2.32. The van der Waals surface area contributed by atoms with Gasteiger partial charge in [-0.15, -0.1) is 5.10 Å². The highest BCUT2D eigenvalue weighted by molar-refractivity contribution is 7.89. The van der Waals surface area contributed by atoms with Gasteiger partial charge in [0.2, 0.25) is 10.0 Å². The maximum absolute atomic E-state index is 12.2. The van der Waals surface area contributed by atoms with Gasteiger partial charge in [-0.25, -0.2) is 23.3 Å². The van der Waals surface area contributed by atoms with E-state index in [0.29, 0.717) is 5.69 Å². The van der Waals surface area contributed by atoms with Crippen LogP contribution in [0.2, 0.25) is 0 Å². The van der Waals surface area contributed by atoms with Gasteiger partial charge in [0.05, 0.1) is 23.3 Å². The first-order valence-electron chi connectivity index (χ1n) is 8.03. The van der Waals surface area contributed by atoms with Crippen molar-refractivity contribution < 1.29 is 23.5 Å². The van der Waals surface area contributed by atoms with Crippen molar-refractivity contribution >= 4 is 27.3 Å². The molecule has 28 heavy (non-hydrogen) atoms. The standard InChI is InChI=1S/C16H17N5O5S2/c22-13-3-1-11(2-4-13)7-15(16(23)19-24)21-9-12(18-20-21)8-17-28(25,26)14-5-6-27-10-14/h1-6,9-10,15,17,22,24H,7-8H2,(H,19,23)/t15-/m0/s1. The summed E-state index contributed by atoms with van der Waals surface area (Å²) in [7, 11) is -3.66. The summed E-state index contributed by atoms with van der Waals surface area (Å²) in [5.74, 6) is -0.615. The molecule has 0 saturated heterocycles. The third-order valence-corrected chi connectivity index (χ3v) is 6.14. The zero-order chi connectivity index (χ0) is 20.1. The van der Waals surface area contributed by atoms with Crippen LogP contribution in [-0.2, 0) is 27.8 Å². The van der Waals surface area contributed by atoms with Gasteiger partial charge in [-0.3, -0.25) is 10.0 Å². The molecule has 1 amide bonds. The molecule has 0 unspecified atom stereocenters. The normalized spacial score (nSPS) is 12.6. The van der Waals surface area contributed by atoms with Gasteiger partial charge in [0.25, 0.3) is 5.91 Å². The Balaban J connectivity index is 1.73. The van der Waals surface area contributed by atoms with Crippen molar-refractivity contribution in [3.63, 3.8) is 0 Å². The minimum Gasteiger partial charge on any atom is -0.508 e. The molecule has 3 rings (SSSR count). The fourth-order valence-electron chi connectivity index (χ4n) is 2.44. The van der Waals surface area contributed by atoms with Crippen molar-refractivity contribution in [1.82, 2.24) is 25.2 Å². The molecular formula is C16H17N5O5S2. The molecule has 1 atom stereocenters. The quantitative estimate of drug-likeness (QED) is 0.310. The predicted molar refractivity (Wildman–Crippen MR) is 99.1 cm³/mol. The molecular weight excluding hydrogens is 406 g/mol. The van der Waals surface area contributed by atoms with Crippen LogP contribution in [0.5, 0.6) is 5.75 Å². The predicted octanol–water partition coefficient (Wildman–Crippen LogP) is 0.813. The zero-order valence-corrected chi connectivity index (χ0v) is 16.0. The zero-order valence-electron chi connectivity index (χ0n) is 14.4. The Morgan fingerprint density at radius 2 is 2.00 bits per heavy atom. The van der Waals surface area contributed by atoms with Crippen molar-refractivity contribution in [3.8, 4) is 5.75 Å². The maximum atomic E-state index is 12.2. The molecule has 2 aromatic heterocycles. The lowest BCUT2D eigenvalue weighted by Gasteiger charge is -2.14. The van der Waals surface area contributed by atoms with E-state index in [1.54, 1.807) is 23.0 Å². The molecule has 0 fully saturated rings. The molecule has 0 radical (unpaired) electrons. The number of phenolic OH excluding ortho intramolecular Hbond substituents is 1. The molecule has 0 saturated carbocycles. The SMILES string of the molecule is O=C(NO)[C@H](Cc1ccc(O)cc1)n1cc(CNS(=O)(=O)c2ccsc2)nn1. The van der Waals surface area contributed by atoms with Crippen LogP contribution in [0.3, 0.4) is 0 Å². The fraction of sp³-hybridized carbons (Fsp3) is 0.188. The summed E-state index contributed by atoms with van der Waals surface area (Å²) in [5, 5.41) is 29.3. The number of amides is 1. The van der Waals surface area contributed by atoms with Crippen LogP contribution < -0.4 is 10.2 Å². The van der Waals surface area contributed by atoms with E-state index in [4.69, 9.17) is 5.21 Å². The highest BCUT2D eigenvalue weighted by Crippen LogP contribution is 2.18. The number of hydrogen-bond acceptors (Lipinski definition) is 8. The Morgan fingerprint density at radius 1 is 1.25 bits per heavy atom. The van der Waals surface area contributed by atoms with Gasteiger partial charge in [-0.05, 0) is 29.1 Å². The van der Waals surface area contributed by atoms with E-state index in [9.17, 15) is 18.3 Å². The summed E-state index contributed by atoms with van der Waals surface area (Å²) in [6.07, 6.45) is 1.60. The summed E-state index contributed by atoms with van der Waals surface area (Å²) in [5.41, 5.74) is 2.62. The molecule has 1 aromatic carbocycles. The number of aromatic hydroxyl groups is 1. The number of nitrogens with zero attached hydrogens (tertiary/aromatic N) is 3. The summed E-state index contributed by atoms with van der Waals surface area (Å²) in [4.78, 5) is 12.2. The number of benzene rings is 1. The van der Waals surface area contributed by atoms with Crippen LogP contribution in [0.4, 0.5) is 0 Å². The second-order valence-corrected chi connectivity index (χ2v) is 8.38. The topological polar surface area (TPSA) is 146 Å². The number of carbonyl (C=O) groups is 1. The number of sulfonamides is 1. The van der Waals surface area contributed by atoms with Gasteiger partial charge in [0.1, 0.15) is 11.8 Å². The first-order chi connectivity index (χ1) is 13.4. The van der Waals surface area contributed by atoms with Gasteiger partial charge in [-0.1, -0.05) is 17.3 Å². The van der Waals surface area contributed by atoms with E-state index < -0.39 is 22.0 Å². The van der Waals surface area contributed by atoms with Crippen LogP contribution in [0.15, 0.2) is 52.2 Å². The maximum Gasteiger partial charge on any atom is 0.268 e. The number of hydroxylamine groups is 1. The van der Waals surface area contributed by atoms with Gasteiger partial charge >= 0.3 is 0 Å². The largest absolute Gasteiger partial charge is 0.508 e. The highest BCUT2D eigenvalue weighted by atomic mass is 32.2. The molecule has 0 aliphatic heterocycles. The minimum atomic E-state index is -3.66. The number of nitrogens with one attached hydrogen (secondary N) is 2. The Labute approximate surface area is 164 Å².